The van der Waals surface area contributed by atoms with Gasteiger partial charge < -0.3 is 15.4 Å². The molecule has 1 amide bonds. The summed E-state index contributed by atoms with van der Waals surface area (Å²) >= 11 is 5.88. The van der Waals surface area contributed by atoms with E-state index < -0.39 is 11.7 Å². The van der Waals surface area contributed by atoms with Gasteiger partial charge in [0.05, 0.1) is 0 Å². The van der Waals surface area contributed by atoms with E-state index in [1.807, 2.05) is 52.0 Å². The number of alkyl carbamates (subject to hydrolysis) is 1. The van der Waals surface area contributed by atoms with E-state index in [2.05, 4.69) is 17.6 Å². The lowest BCUT2D eigenvalue weighted by Crippen LogP contribution is -2.41. The number of hydrogen-bond acceptors (Lipinski definition) is 3. The summed E-state index contributed by atoms with van der Waals surface area (Å²) < 4.78 is 5.20. The second kappa shape index (κ2) is 7.66. The van der Waals surface area contributed by atoms with Gasteiger partial charge in [-0.05, 0) is 52.3 Å². The van der Waals surface area contributed by atoms with Gasteiger partial charge in [0, 0.05) is 23.7 Å². The van der Waals surface area contributed by atoms with Gasteiger partial charge in [-0.3, -0.25) is 0 Å². The van der Waals surface area contributed by atoms with Crippen LogP contribution in [0.25, 0.3) is 0 Å². The lowest BCUT2D eigenvalue weighted by Gasteiger charge is -2.23. The highest BCUT2D eigenvalue weighted by molar-refractivity contribution is 6.30. The number of carbonyl (C=O) groups is 1. The molecule has 2 N–H and O–H groups in total. The number of ether oxygens (including phenoxy) is 1. The van der Waals surface area contributed by atoms with Gasteiger partial charge in [-0.1, -0.05) is 23.7 Å². The van der Waals surface area contributed by atoms with E-state index in [1.165, 1.54) is 0 Å². The standard InChI is InChI=1S/C16H25ClN2O2/c1-11(10-18-15(20)21-16(3,4)5)19-12(2)13-6-8-14(17)9-7-13/h6-9,11-12,19H,10H2,1-5H3,(H,18,20)/t11?,12-/m0/s1. The molecular weight excluding hydrogens is 288 g/mol. The first-order valence-electron chi connectivity index (χ1n) is 7.16. The van der Waals surface area contributed by atoms with E-state index >= 15 is 0 Å². The zero-order valence-electron chi connectivity index (χ0n) is 13.4. The zero-order valence-corrected chi connectivity index (χ0v) is 14.1. The highest BCUT2D eigenvalue weighted by atomic mass is 35.5. The van der Waals surface area contributed by atoms with Gasteiger partial charge in [0.2, 0.25) is 0 Å². The molecule has 0 saturated heterocycles. The molecule has 118 valence electrons. The fourth-order valence-corrected chi connectivity index (χ4v) is 2.01. The van der Waals surface area contributed by atoms with Crippen molar-refractivity contribution in [1.29, 1.82) is 0 Å². The van der Waals surface area contributed by atoms with Crippen LogP contribution in [0.4, 0.5) is 4.79 Å². The molecule has 5 heteroatoms. The van der Waals surface area contributed by atoms with Crippen molar-refractivity contribution in [1.82, 2.24) is 10.6 Å². The average Bonchev–Trinajstić information content (AvgIpc) is 2.35. The minimum absolute atomic E-state index is 0.128. The molecule has 0 radical (unpaired) electrons. The Hall–Kier alpha value is -1.26. The molecule has 1 aromatic rings. The average molecular weight is 313 g/mol. The van der Waals surface area contributed by atoms with E-state index in [-0.39, 0.29) is 12.1 Å². The maximum absolute atomic E-state index is 11.6. The monoisotopic (exact) mass is 312 g/mol. The molecule has 0 aliphatic carbocycles. The summed E-state index contributed by atoms with van der Waals surface area (Å²) in [5.41, 5.74) is 0.681. The summed E-state index contributed by atoms with van der Waals surface area (Å²) in [5, 5.41) is 6.91. The molecule has 0 heterocycles. The predicted molar refractivity (Wildman–Crippen MR) is 86.7 cm³/mol. The molecule has 1 unspecified atom stereocenters. The topological polar surface area (TPSA) is 50.4 Å². The van der Waals surface area contributed by atoms with Gasteiger partial charge in [-0.15, -0.1) is 0 Å². The van der Waals surface area contributed by atoms with Crippen LogP contribution in [0.2, 0.25) is 5.02 Å². The first-order valence-corrected chi connectivity index (χ1v) is 7.53. The Kier molecular flexibility index (Phi) is 6.49. The van der Waals surface area contributed by atoms with E-state index in [0.29, 0.717) is 6.54 Å². The molecule has 0 spiro atoms. The van der Waals surface area contributed by atoms with Crippen LogP contribution in [-0.4, -0.2) is 24.3 Å². The lowest BCUT2D eigenvalue weighted by molar-refractivity contribution is 0.0522. The molecule has 21 heavy (non-hydrogen) atoms. The molecule has 0 bridgehead atoms. The van der Waals surface area contributed by atoms with E-state index in [4.69, 9.17) is 16.3 Å². The first-order chi connectivity index (χ1) is 9.67. The summed E-state index contributed by atoms with van der Waals surface area (Å²) in [4.78, 5) is 11.6. The summed E-state index contributed by atoms with van der Waals surface area (Å²) in [7, 11) is 0. The van der Waals surface area contributed by atoms with Gasteiger partial charge in [0.25, 0.3) is 0 Å². The van der Waals surface area contributed by atoms with Gasteiger partial charge in [-0.2, -0.15) is 0 Å². The maximum Gasteiger partial charge on any atom is 0.407 e. The Morgan fingerprint density at radius 2 is 1.81 bits per heavy atom. The highest BCUT2D eigenvalue weighted by Gasteiger charge is 2.17. The largest absolute Gasteiger partial charge is 0.444 e. The van der Waals surface area contributed by atoms with E-state index in [1.54, 1.807) is 0 Å². The lowest BCUT2D eigenvalue weighted by atomic mass is 10.1. The van der Waals surface area contributed by atoms with Gasteiger partial charge in [0.1, 0.15) is 5.60 Å². The summed E-state index contributed by atoms with van der Waals surface area (Å²) in [6, 6.07) is 8.04. The Bertz CT molecular complexity index is 454. The van der Waals surface area contributed by atoms with Crippen molar-refractivity contribution in [2.45, 2.75) is 52.3 Å². The van der Waals surface area contributed by atoms with Crippen molar-refractivity contribution >= 4 is 17.7 Å². The summed E-state index contributed by atoms with van der Waals surface area (Å²) in [5.74, 6) is 0. The van der Waals surface area contributed by atoms with E-state index in [0.717, 1.165) is 10.6 Å². The van der Waals surface area contributed by atoms with Crippen LogP contribution in [-0.2, 0) is 4.74 Å². The van der Waals surface area contributed by atoms with Gasteiger partial charge in [0.15, 0.2) is 0 Å². The second-order valence-corrected chi connectivity index (χ2v) is 6.66. The molecule has 0 saturated carbocycles. The normalized spacial score (nSPS) is 14.4. The van der Waals surface area contributed by atoms with Crippen LogP contribution in [0.5, 0.6) is 0 Å². The minimum atomic E-state index is -0.475. The molecule has 2 atom stereocenters. The molecule has 4 nitrogen and oxygen atoms in total. The fraction of sp³-hybridized carbons (Fsp3) is 0.562. The van der Waals surface area contributed by atoms with E-state index in [9.17, 15) is 4.79 Å². The van der Waals surface area contributed by atoms with Gasteiger partial charge in [-0.25, -0.2) is 4.79 Å². The molecule has 1 rings (SSSR count). The third kappa shape index (κ3) is 7.34. The van der Waals surface area contributed by atoms with Crippen molar-refractivity contribution in [3.05, 3.63) is 34.9 Å². The third-order valence-electron chi connectivity index (χ3n) is 2.86. The molecule has 0 fully saturated rings. The Labute approximate surface area is 132 Å². The number of carbonyl (C=O) groups excluding carboxylic acids is 1. The summed E-state index contributed by atoms with van der Waals surface area (Å²) in [6.07, 6.45) is -0.393. The Balaban J connectivity index is 2.38. The smallest absolute Gasteiger partial charge is 0.407 e. The van der Waals surface area contributed by atoms with Crippen LogP contribution in [0.15, 0.2) is 24.3 Å². The number of halogens is 1. The molecule has 1 aromatic carbocycles. The fourth-order valence-electron chi connectivity index (χ4n) is 1.88. The Morgan fingerprint density at radius 1 is 1.24 bits per heavy atom. The van der Waals surface area contributed by atoms with Crippen LogP contribution >= 0.6 is 11.6 Å². The van der Waals surface area contributed by atoms with Crippen molar-refractivity contribution < 1.29 is 9.53 Å². The molecule has 0 aliphatic rings. The molecule has 0 aliphatic heterocycles. The van der Waals surface area contributed by atoms with Crippen LogP contribution in [0.3, 0.4) is 0 Å². The van der Waals surface area contributed by atoms with Crippen LogP contribution in [0.1, 0.15) is 46.2 Å². The first kappa shape index (κ1) is 17.8. The van der Waals surface area contributed by atoms with Crippen molar-refractivity contribution in [2.75, 3.05) is 6.54 Å². The number of hydrogen-bond donors (Lipinski definition) is 2. The van der Waals surface area contributed by atoms with Crippen molar-refractivity contribution in [3.63, 3.8) is 0 Å². The van der Waals surface area contributed by atoms with Crippen molar-refractivity contribution in [3.8, 4) is 0 Å². The van der Waals surface area contributed by atoms with Gasteiger partial charge >= 0.3 is 6.09 Å². The van der Waals surface area contributed by atoms with Crippen molar-refractivity contribution in [2.24, 2.45) is 0 Å². The second-order valence-electron chi connectivity index (χ2n) is 6.22. The minimum Gasteiger partial charge on any atom is -0.444 e. The zero-order chi connectivity index (χ0) is 16.0. The number of rotatable bonds is 5. The number of benzene rings is 1. The Morgan fingerprint density at radius 3 is 2.33 bits per heavy atom. The number of nitrogens with one attached hydrogen (secondary N) is 2. The maximum atomic E-state index is 11.6. The van der Waals surface area contributed by atoms with Crippen LogP contribution in [0, 0.1) is 0 Å². The number of amides is 1. The SMILES string of the molecule is CC(CNC(=O)OC(C)(C)C)N[C@@H](C)c1ccc(Cl)cc1. The molecule has 0 aromatic heterocycles. The highest BCUT2D eigenvalue weighted by Crippen LogP contribution is 2.16. The molecular formula is C16H25ClN2O2. The predicted octanol–water partition coefficient (Wildman–Crippen LogP) is 3.90. The third-order valence-corrected chi connectivity index (χ3v) is 3.11. The van der Waals surface area contributed by atoms with Crippen LogP contribution < -0.4 is 10.6 Å². The quantitative estimate of drug-likeness (QED) is 0.867. The summed E-state index contributed by atoms with van der Waals surface area (Å²) in [6.45, 7) is 10.1.